The molecule has 0 radical (unpaired) electrons. The third-order valence-electron chi connectivity index (χ3n) is 5.21. The Morgan fingerprint density at radius 1 is 1.10 bits per heavy atom. The van der Waals surface area contributed by atoms with Crippen LogP contribution in [0.2, 0.25) is 0 Å². The quantitative estimate of drug-likeness (QED) is 0.619. The lowest BCUT2D eigenvalue weighted by molar-refractivity contribution is 0.0378. The smallest absolute Gasteiger partial charge is 0.341 e. The number of ether oxygens (including phenoxy) is 4. The molecule has 3 rings (SSSR count). The van der Waals surface area contributed by atoms with Gasteiger partial charge in [-0.15, -0.1) is 11.3 Å². The second kappa shape index (κ2) is 9.60. The van der Waals surface area contributed by atoms with E-state index in [1.54, 1.807) is 12.1 Å². The molecular formula is C23H29NO6S. The Kier molecular flexibility index (Phi) is 7.10. The number of hydrogen-bond donors (Lipinski definition) is 1. The molecule has 8 heteroatoms. The van der Waals surface area contributed by atoms with Gasteiger partial charge in [0, 0.05) is 10.4 Å². The molecule has 1 aromatic carbocycles. The molecule has 0 bridgehead atoms. The van der Waals surface area contributed by atoms with Crippen LogP contribution in [0.3, 0.4) is 0 Å². The van der Waals surface area contributed by atoms with Crippen molar-refractivity contribution in [1.82, 2.24) is 0 Å². The number of anilines is 1. The molecule has 1 aliphatic rings. The molecule has 168 valence electrons. The number of rotatable bonds is 7. The maximum atomic E-state index is 13.1. The Morgan fingerprint density at radius 3 is 2.29 bits per heavy atom. The second-order valence-corrected chi connectivity index (χ2v) is 8.98. The average molecular weight is 448 g/mol. The highest BCUT2D eigenvalue weighted by Gasteiger charge is 2.30. The lowest BCUT2D eigenvalue weighted by atomic mass is 9.88. The summed E-state index contributed by atoms with van der Waals surface area (Å²) in [5.74, 6) is 0.935. The minimum Gasteiger partial charge on any atom is -0.493 e. The molecule has 0 spiro atoms. The van der Waals surface area contributed by atoms with Crippen molar-refractivity contribution >= 4 is 28.2 Å². The molecule has 1 heterocycles. The van der Waals surface area contributed by atoms with Crippen molar-refractivity contribution in [2.45, 2.75) is 46.1 Å². The number of benzene rings is 1. The fraction of sp³-hybridized carbons (Fsp3) is 0.478. The summed E-state index contributed by atoms with van der Waals surface area (Å²) >= 11 is 1.45. The number of methoxy groups -OCH3 is 3. The Hall–Kier alpha value is -2.74. The van der Waals surface area contributed by atoms with Crippen molar-refractivity contribution in [2.24, 2.45) is 5.92 Å². The van der Waals surface area contributed by atoms with Crippen LogP contribution in [0.1, 0.15) is 58.3 Å². The van der Waals surface area contributed by atoms with Crippen LogP contribution in [0.4, 0.5) is 5.00 Å². The van der Waals surface area contributed by atoms with E-state index in [0.29, 0.717) is 39.3 Å². The number of esters is 1. The van der Waals surface area contributed by atoms with Crippen LogP contribution in [-0.2, 0) is 17.6 Å². The first-order chi connectivity index (χ1) is 14.8. The molecule has 0 aliphatic heterocycles. The summed E-state index contributed by atoms with van der Waals surface area (Å²) in [7, 11) is 4.49. The summed E-state index contributed by atoms with van der Waals surface area (Å²) in [4.78, 5) is 27.1. The molecule has 1 aliphatic carbocycles. The fourth-order valence-electron chi connectivity index (χ4n) is 3.72. The number of fused-ring (bicyclic) bond motifs is 1. The van der Waals surface area contributed by atoms with E-state index < -0.39 is 5.97 Å². The predicted octanol–water partition coefficient (Wildman–Crippen LogP) is 4.72. The molecule has 7 nitrogen and oxygen atoms in total. The van der Waals surface area contributed by atoms with Crippen molar-refractivity contribution in [3.63, 3.8) is 0 Å². The topological polar surface area (TPSA) is 83.1 Å². The molecule has 0 unspecified atom stereocenters. The van der Waals surface area contributed by atoms with Crippen molar-refractivity contribution in [2.75, 3.05) is 26.6 Å². The molecular weight excluding hydrogens is 418 g/mol. The molecule has 0 saturated carbocycles. The van der Waals surface area contributed by atoms with Crippen molar-refractivity contribution in [3.8, 4) is 17.2 Å². The predicted molar refractivity (Wildman–Crippen MR) is 120 cm³/mol. The molecule has 31 heavy (non-hydrogen) atoms. The van der Waals surface area contributed by atoms with Crippen molar-refractivity contribution < 1.29 is 28.5 Å². The molecule has 1 amide bonds. The summed E-state index contributed by atoms with van der Waals surface area (Å²) in [5, 5.41) is 3.44. The molecule has 1 N–H and O–H groups in total. The van der Waals surface area contributed by atoms with Gasteiger partial charge >= 0.3 is 5.97 Å². The van der Waals surface area contributed by atoms with Gasteiger partial charge in [0.2, 0.25) is 5.75 Å². The van der Waals surface area contributed by atoms with Gasteiger partial charge in [-0.2, -0.15) is 0 Å². The summed E-state index contributed by atoms with van der Waals surface area (Å²) in [6, 6.07) is 3.16. The zero-order valence-corrected chi connectivity index (χ0v) is 19.6. The Morgan fingerprint density at radius 2 is 1.74 bits per heavy atom. The maximum absolute atomic E-state index is 13.1. The highest BCUT2D eigenvalue weighted by molar-refractivity contribution is 7.17. The minimum atomic E-state index is -0.401. The molecule has 1 aromatic heterocycles. The first-order valence-corrected chi connectivity index (χ1v) is 11.1. The normalized spacial score (nSPS) is 15.3. The summed E-state index contributed by atoms with van der Waals surface area (Å²) < 4.78 is 21.5. The standard InChI is InChI=1S/C23H29NO6S/c1-12(2)30-23(26)19-15-8-7-13(3)9-18(15)31-22(19)24-21(25)14-10-16(27-4)20(29-6)17(11-14)28-5/h10-13H,7-9H2,1-6H3,(H,24,25)/t13-/m1/s1. The van der Waals surface area contributed by atoms with Gasteiger partial charge in [0.15, 0.2) is 11.5 Å². The Balaban J connectivity index is 1.98. The van der Waals surface area contributed by atoms with Gasteiger partial charge in [0.25, 0.3) is 5.91 Å². The monoisotopic (exact) mass is 447 g/mol. The zero-order chi connectivity index (χ0) is 22.7. The van der Waals surface area contributed by atoms with Gasteiger partial charge in [0.1, 0.15) is 5.00 Å². The van der Waals surface area contributed by atoms with Crippen LogP contribution in [-0.4, -0.2) is 39.3 Å². The van der Waals surface area contributed by atoms with Crippen LogP contribution < -0.4 is 19.5 Å². The summed E-state index contributed by atoms with van der Waals surface area (Å²) in [6.45, 7) is 5.82. The number of carbonyl (C=O) groups excluding carboxylic acids is 2. The van der Waals surface area contributed by atoms with E-state index in [4.69, 9.17) is 18.9 Å². The van der Waals surface area contributed by atoms with E-state index >= 15 is 0 Å². The van der Waals surface area contributed by atoms with Crippen LogP contribution in [0.5, 0.6) is 17.2 Å². The molecule has 1 atom stereocenters. The van der Waals surface area contributed by atoms with Crippen molar-refractivity contribution in [3.05, 3.63) is 33.7 Å². The van der Waals surface area contributed by atoms with Gasteiger partial charge in [-0.05, 0) is 56.7 Å². The summed E-state index contributed by atoms with van der Waals surface area (Å²) in [5.41, 5.74) is 1.80. The second-order valence-electron chi connectivity index (χ2n) is 7.88. The van der Waals surface area contributed by atoms with E-state index in [-0.39, 0.29) is 12.0 Å². The largest absolute Gasteiger partial charge is 0.493 e. The zero-order valence-electron chi connectivity index (χ0n) is 18.8. The number of nitrogens with one attached hydrogen (secondary N) is 1. The number of thiophene rings is 1. The number of carbonyl (C=O) groups is 2. The van der Waals surface area contributed by atoms with E-state index in [0.717, 1.165) is 29.7 Å². The van der Waals surface area contributed by atoms with Crippen LogP contribution in [0.15, 0.2) is 12.1 Å². The van der Waals surface area contributed by atoms with Gasteiger partial charge in [-0.25, -0.2) is 4.79 Å². The first kappa shape index (κ1) is 22.9. The molecule has 0 fully saturated rings. The van der Waals surface area contributed by atoms with Gasteiger partial charge in [-0.1, -0.05) is 6.92 Å². The van der Waals surface area contributed by atoms with Gasteiger partial charge in [0.05, 0.1) is 33.0 Å². The van der Waals surface area contributed by atoms with Gasteiger partial charge < -0.3 is 24.3 Å². The maximum Gasteiger partial charge on any atom is 0.341 e. The number of hydrogen-bond acceptors (Lipinski definition) is 7. The van der Waals surface area contributed by atoms with Crippen LogP contribution >= 0.6 is 11.3 Å². The van der Waals surface area contributed by atoms with E-state index in [1.165, 1.54) is 32.7 Å². The third kappa shape index (κ3) is 4.79. The lowest BCUT2D eigenvalue weighted by Gasteiger charge is -2.19. The SMILES string of the molecule is COc1cc(C(=O)Nc2sc3c(c2C(=O)OC(C)C)CC[C@@H](C)C3)cc(OC)c1OC. The molecule has 2 aromatic rings. The van der Waals surface area contributed by atoms with Crippen LogP contribution in [0.25, 0.3) is 0 Å². The molecule has 0 saturated heterocycles. The minimum absolute atomic E-state index is 0.246. The van der Waals surface area contributed by atoms with Crippen molar-refractivity contribution in [1.29, 1.82) is 0 Å². The van der Waals surface area contributed by atoms with Gasteiger partial charge in [-0.3, -0.25) is 4.79 Å². The Labute approximate surface area is 186 Å². The lowest BCUT2D eigenvalue weighted by Crippen LogP contribution is -2.18. The highest BCUT2D eigenvalue weighted by Crippen LogP contribution is 2.41. The van der Waals surface area contributed by atoms with Crippen LogP contribution in [0, 0.1) is 5.92 Å². The Bertz CT molecular complexity index is 956. The fourth-order valence-corrected chi connectivity index (χ4v) is 5.11. The number of amides is 1. The first-order valence-electron chi connectivity index (χ1n) is 10.3. The van der Waals surface area contributed by atoms with E-state index in [9.17, 15) is 9.59 Å². The highest BCUT2D eigenvalue weighted by atomic mass is 32.1. The third-order valence-corrected chi connectivity index (χ3v) is 6.38. The van der Waals surface area contributed by atoms with E-state index in [2.05, 4.69) is 12.2 Å². The average Bonchev–Trinajstić information content (AvgIpc) is 3.08. The summed E-state index contributed by atoms with van der Waals surface area (Å²) in [6.07, 6.45) is 2.45. The van der Waals surface area contributed by atoms with E-state index in [1.807, 2.05) is 13.8 Å².